The molecule has 0 heterocycles. The van der Waals surface area contributed by atoms with Crippen LogP contribution in [0, 0.1) is 19.8 Å². The van der Waals surface area contributed by atoms with Crippen molar-refractivity contribution >= 4 is 11.6 Å². The lowest BCUT2D eigenvalue weighted by atomic mass is 10.00. The van der Waals surface area contributed by atoms with Gasteiger partial charge in [-0.15, -0.1) is 11.6 Å². The second-order valence-corrected chi connectivity index (χ2v) is 5.38. The SMILES string of the molecule is Cc1ccc(CCC(Cl)C2CC2)c(C)c1. The maximum atomic E-state index is 6.31. The van der Waals surface area contributed by atoms with Crippen molar-refractivity contribution in [3.63, 3.8) is 0 Å². The van der Waals surface area contributed by atoms with E-state index < -0.39 is 0 Å². The number of benzene rings is 1. The number of hydrogen-bond donors (Lipinski definition) is 0. The molecule has 0 spiro atoms. The highest BCUT2D eigenvalue weighted by Crippen LogP contribution is 2.37. The molecule has 82 valence electrons. The molecule has 0 radical (unpaired) electrons. The lowest BCUT2D eigenvalue weighted by Gasteiger charge is -2.10. The highest BCUT2D eigenvalue weighted by molar-refractivity contribution is 6.20. The second-order valence-electron chi connectivity index (χ2n) is 4.82. The zero-order valence-corrected chi connectivity index (χ0v) is 10.3. The molecule has 1 aliphatic carbocycles. The number of alkyl halides is 1. The van der Waals surface area contributed by atoms with E-state index in [9.17, 15) is 0 Å². The first-order valence-electron chi connectivity index (χ1n) is 5.87. The van der Waals surface area contributed by atoms with E-state index in [1.54, 1.807) is 0 Å². The van der Waals surface area contributed by atoms with Crippen molar-refractivity contribution in [2.24, 2.45) is 5.92 Å². The smallest absolute Gasteiger partial charge is 0.0367 e. The van der Waals surface area contributed by atoms with Crippen molar-refractivity contribution in [1.82, 2.24) is 0 Å². The molecule has 0 aromatic heterocycles. The van der Waals surface area contributed by atoms with E-state index in [4.69, 9.17) is 11.6 Å². The van der Waals surface area contributed by atoms with Crippen molar-refractivity contribution < 1.29 is 0 Å². The van der Waals surface area contributed by atoms with Crippen LogP contribution in [0.3, 0.4) is 0 Å². The highest BCUT2D eigenvalue weighted by Gasteiger charge is 2.29. The highest BCUT2D eigenvalue weighted by atomic mass is 35.5. The van der Waals surface area contributed by atoms with Crippen molar-refractivity contribution in [2.45, 2.75) is 44.9 Å². The fraction of sp³-hybridized carbons (Fsp3) is 0.571. The van der Waals surface area contributed by atoms with Gasteiger partial charge in [0.15, 0.2) is 0 Å². The van der Waals surface area contributed by atoms with Gasteiger partial charge in [0.25, 0.3) is 0 Å². The molecule has 0 N–H and O–H groups in total. The second kappa shape index (κ2) is 4.57. The monoisotopic (exact) mass is 222 g/mol. The van der Waals surface area contributed by atoms with Crippen LogP contribution in [0.2, 0.25) is 0 Å². The number of aryl methyl sites for hydroxylation is 3. The zero-order valence-electron chi connectivity index (χ0n) is 9.59. The Balaban J connectivity index is 1.92. The summed E-state index contributed by atoms with van der Waals surface area (Å²) in [5.41, 5.74) is 4.22. The summed E-state index contributed by atoms with van der Waals surface area (Å²) in [5, 5.41) is 0.408. The number of rotatable bonds is 4. The molecule has 2 rings (SSSR count). The van der Waals surface area contributed by atoms with E-state index in [1.807, 2.05) is 0 Å². The Labute approximate surface area is 97.6 Å². The van der Waals surface area contributed by atoms with Gasteiger partial charge in [0.1, 0.15) is 0 Å². The van der Waals surface area contributed by atoms with E-state index >= 15 is 0 Å². The van der Waals surface area contributed by atoms with Crippen LogP contribution in [0.4, 0.5) is 0 Å². The van der Waals surface area contributed by atoms with Crippen molar-refractivity contribution in [1.29, 1.82) is 0 Å². The minimum atomic E-state index is 0.408. The van der Waals surface area contributed by atoms with Crippen LogP contribution in [-0.2, 0) is 6.42 Å². The van der Waals surface area contributed by atoms with E-state index in [0.29, 0.717) is 5.38 Å². The standard InChI is InChI=1S/C14H19Cl/c1-10-3-4-12(11(2)9-10)7-8-14(15)13-5-6-13/h3-4,9,13-14H,5-8H2,1-2H3. The summed E-state index contributed by atoms with van der Waals surface area (Å²) in [6.07, 6.45) is 4.97. The third-order valence-electron chi connectivity index (χ3n) is 3.32. The molecule has 0 aliphatic heterocycles. The molecule has 1 aromatic carbocycles. The molecular weight excluding hydrogens is 204 g/mol. The summed E-state index contributed by atoms with van der Waals surface area (Å²) in [6, 6.07) is 6.71. The van der Waals surface area contributed by atoms with Gasteiger partial charge in [-0.1, -0.05) is 23.8 Å². The van der Waals surface area contributed by atoms with Crippen LogP contribution >= 0.6 is 11.6 Å². The number of hydrogen-bond acceptors (Lipinski definition) is 0. The van der Waals surface area contributed by atoms with Gasteiger partial charge in [0.2, 0.25) is 0 Å². The molecule has 1 heteroatoms. The van der Waals surface area contributed by atoms with Crippen LogP contribution < -0.4 is 0 Å². The Kier molecular flexibility index (Phi) is 3.35. The summed E-state index contributed by atoms with van der Waals surface area (Å²) >= 11 is 6.31. The summed E-state index contributed by atoms with van der Waals surface area (Å²) in [4.78, 5) is 0. The Morgan fingerprint density at radius 2 is 2.07 bits per heavy atom. The number of halogens is 1. The largest absolute Gasteiger partial charge is 0.123 e. The summed E-state index contributed by atoms with van der Waals surface area (Å²) in [5.74, 6) is 0.817. The zero-order chi connectivity index (χ0) is 10.8. The van der Waals surface area contributed by atoms with Crippen molar-refractivity contribution in [3.8, 4) is 0 Å². The first kappa shape index (κ1) is 11.0. The van der Waals surface area contributed by atoms with Gasteiger partial charge in [-0.25, -0.2) is 0 Å². The molecule has 1 aromatic rings. The minimum absolute atomic E-state index is 0.408. The molecule has 0 bridgehead atoms. The topological polar surface area (TPSA) is 0 Å². The third-order valence-corrected chi connectivity index (χ3v) is 3.90. The van der Waals surface area contributed by atoms with E-state index in [2.05, 4.69) is 32.0 Å². The van der Waals surface area contributed by atoms with Gasteiger partial charge in [0.05, 0.1) is 0 Å². The fourth-order valence-electron chi connectivity index (χ4n) is 2.11. The van der Waals surface area contributed by atoms with Gasteiger partial charge >= 0.3 is 0 Å². The van der Waals surface area contributed by atoms with Gasteiger partial charge in [0, 0.05) is 5.38 Å². The Hall–Kier alpha value is -0.490. The van der Waals surface area contributed by atoms with Gasteiger partial charge in [-0.3, -0.25) is 0 Å². The van der Waals surface area contributed by atoms with Crippen LogP contribution in [0.1, 0.15) is 36.0 Å². The van der Waals surface area contributed by atoms with Crippen molar-refractivity contribution in [2.75, 3.05) is 0 Å². The van der Waals surface area contributed by atoms with E-state index in [-0.39, 0.29) is 0 Å². The van der Waals surface area contributed by atoms with Crippen LogP contribution in [0.5, 0.6) is 0 Å². The average molecular weight is 223 g/mol. The van der Waals surface area contributed by atoms with Crippen molar-refractivity contribution in [3.05, 3.63) is 34.9 Å². The molecule has 15 heavy (non-hydrogen) atoms. The maximum Gasteiger partial charge on any atom is 0.0367 e. The normalized spacial score (nSPS) is 17.8. The predicted octanol–water partition coefficient (Wildman–Crippen LogP) is 4.25. The Morgan fingerprint density at radius 1 is 1.33 bits per heavy atom. The lowest BCUT2D eigenvalue weighted by Crippen LogP contribution is -2.03. The average Bonchev–Trinajstić information content (AvgIpc) is 2.99. The van der Waals surface area contributed by atoms with Crippen LogP contribution in [0.25, 0.3) is 0 Å². The van der Waals surface area contributed by atoms with Crippen LogP contribution in [-0.4, -0.2) is 5.38 Å². The van der Waals surface area contributed by atoms with E-state index in [0.717, 1.165) is 18.8 Å². The van der Waals surface area contributed by atoms with Crippen LogP contribution in [0.15, 0.2) is 18.2 Å². The molecule has 1 atom stereocenters. The Bertz CT molecular complexity index is 339. The quantitative estimate of drug-likeness (QED) is 0.668. The molecule has 1 unspecified atom stereocenters. The minimum Gasteiger partial charge on any atom is -0.123 e. The first-order valence-corrected chi connectivity index (χ1v) is 6.30. The predicted molar refractivity (Wildman–Crippen MR) is 66.6 cm³/mol. The lowest BCUT2D eigenvalue weighted by molar-refractivity contribution is 0.675. The maximum absolute atomic E-state index is 6.31. The summed E-state index contributed by atoms with van der Waals surface area (Å²) < 4.78 is 0. The Morgan fingerprint density at radius 3 is 2.67 bits per heavy atom. The molecule has 0 nitrogen and oxygen atoms in total. The molecule has 1 aliphatic rings. The molecular formula is C14H19Cl. The molecule has 0 amide bonds. The molecule has 1 saturated carbocycles. The van der Waals surface area contributed by atoms with Gasteiger partial charge in [-0.05, 0) is 56.6 Å². The molecule has 1 fully saturated rings. The fourth-order valence-corrected chi connectivity index (χ4v) is 2.47. The summed E-state index contributed by atoms with van der Waals surface area (Å²) in [7, 11) is 0. The van der Waals surface area contributed by atoms with Gasteiger partial charge in [-0.2, -0.15) is 0 Å². The first-order chi connectivity index (χ1) is 7.16. The van der Waals surface area contributed by atoms with Gasteiger partial charge < -0.3 is 0 Å². The molecule has 0 saturated heterocycles. The third kappa shape index (κ3) is 2.98. The van der Waals surface area contributed by atoms with E-state index in [1.165, 1.54) is 29.5 Å². The summed E-state index contributed by atoms with van der Waals surface area (Å²) in [6.45, 7) is 4.34.